The Morgan fingerprint density at radius 2 is 1.46 bits per heavy atom. The lowest BCUT2D eigenvalue weighted by Crippen LogP contribution is -2.42. The third kappa shape index (κ3) is 4.80. The van der Waals surface area contributed by atoms with Crippen molar-refractivity contribution in [1.82, 2.24) is 10.6 Å². The van der Waals surface area contributed by atoms with E-state index in [4.69, 9.17) is 0 Å². The minimum atomic E-state index is -3.76. The van der Waals surface area contributed by atoms with Crippen molar-refractivity contribution in [2.24, 2.45) is 0 Å². The number of hydrogen-bond acceptors (Lipinski definition) is 4. The molecule has 2 aromatic rings. The molecule has 0 aliphatic carbocycles. The number of amides is 2. The van der Waals surface area contributed by atoms with Crippen LogP contribution in [0, 0.1) is 0 Å². The Kier molecular flexibility index (Phi) is 6.68. The largest absolute Gasteiger partial charge is 0.346 e. The summed E-state index contributed by atoms with van der Waals surface area (Å²) in [5.41, 5.74) is 0.531. The molecule has 0 unspecified atom stereocenters. The van der Waals surface area contributed by atoms with Gasteiger partial charge in [0.2, 0.25) is 0 Å². The predicted molar refractivity (Wildman–Crippen MR) is 99.0 cm³/mol. The van der Waals surface area contributed by atoms with Crippen LogP contribution in [-0.4, -0.2) is 33.3 Å². The van der Waals surface area contributed by atoms with Gasteiger partial charge < -0.3 is 10.6 Å². The topological polar surface area (TPSA) is 92.3 Å². The van der Waals surface area contributed by atoms with Gasteiger partial charge in [0.1, 0.15) is 5.25 Å². The fourth-order valence-corrected chi connectivity index (χ4v) is 4.04. The highest BCUT2D eigenvalue weighted by atomic mass is 32.2. The molecule has 0 fully saturated rings. The fraction of sp³-hybridized carbons (Fsp3) is 0.158. The van der Waals surface area contributed by atoms with Crippen molar-refractivity contribution < 1.29 is 18.0 Å². The maximum absolute atomic E-state index is 13.0. The van der Waals surface area contributed by atoms with Crippen LogP contribution in [0.2, 0.25) is 0 Å². The Hall–Kier alpha value is -2.93. The Labute approximate surface area is 152 Å². The van der Waals surface area contributed by atoms with Crippen molar-refractivity contribution in [2.75, 3.05) is 13.1 Å². The van der Waals surface area contributed by atoms with Crippen LogP contribution < -0.4 is 10.6 Å². The lowest BCUT2D eigenvalue weighted by Gasteiger charge is -2.19. The molecule has 2 amide bonds. The first kappa shape index (κ1) is 19.4. The Morgan fingerprint density at radius 3 is 2.04 bits per heavy atom. The van der Waals surface area contributed by atoms with Gasteiger partial charge in [-0.2, -0.15) is 0 Å². The van der Waals surface area contributed by atoms with Crippen LogP contribution in [0.15, 0.2) is 78.2 Å². The van der Waals surface area contributed by atoms with Crippen molar-refractivity contribution in [1.29, 1.82) is 0 Å². The van der Waals surface area contributed by atoms with Gasteiger partial charge in [-0.3, -0.25) is 9.59 Å². The standard InChI is InChI=1S/C19H20N2O4S/c1-2-13-20-18(22)19(23)21-14-17(15-9-5-3-6-10-15)26(24,25)16-11-7-4-8-12-16/h2-12,17H,1,13-14H2,(H,20,22)(H,21,23)/t17-/m1/s1. The van der Waals surface area contributed by atoms with Crippen molar-refractivity contribution in [3.05, 3.63) is 78.9 Å². The van der Waals surface area contributed by atoms with Crippen LogP contribution in [-0.2, 0) is 19.4 Å². The lowest BCUT2D eigenvalue weighted by atomic mass is 10.1. The summed E-state index contributed by atoms with van der Waals surface area (Å²) < 4.78 is 26.0. The summed E-state index contributed by atoms with van der Waals surface area (Å²) in [6.07, 6.45) is 1.44. The smallest absolute Gasteiger partial charge is 0.309 e. The monoisotopic (exact) mass is 372 g/mol. The van der Waals surface area contributed by atoms with E-state index in [1.54, 1.807) is 48.5 Å². The number of sulfone groups is 1. The van der Waals surface area contributed by atoms with E-state index in [-0.39, 0.29) is 18.0 Å². The van der Waals surface area contributed by atoms with Gasteiger partial charge in [0.05, 0.1) is 4.90 Å². The normalized spacial score (nSPS) is 12.0. The van der Waals surface area contributed by atoms with Crippen molar-refractivity contribution in [3.63, 3.8) is 0 Å². The molecular formula is C19H20N2O4S. The summed E-state index contributed by atoms with van der Waals surface area (Å²) in [6, 6.07) is 16.6. The van der Waals surface area contributed by atoms with Crippen LogP contribution in [0.5, 0.6) is 0 Å². The van der Waals surface area contributed by atoms with Crippen LogP contribution >= 0.6 is 0 Å². The molecule has 1 atom stereocenters. The minimum absolute atomic E-state index is 0.149. The quantitative estimate of drug-likeness (QED) is 0.571. The molecule has 26 heavy (non-hydrogen) atoms. The molecule has 0 radical (unpaired) electrons. The van der Waals surface area contributed by atoms with Crippen LogP contribution in [0.25, 0.3) is 0 Å². The number of nitrogens with one attached hydrogen (secondary N) is 2. The second-order valence-electron chi connectivity index (χ2n) is 5.47. The summed E-state index contributed by atoms with van der Waals surface area (Å²) >= 11 is 0. The van der Waals surface area contributed by atoms with Gasteiger partial charge >= 0.3 is 11.8 Å². The molecule has 136 valence electrons. The average molecular weight is 372 g/mol. The van der Waals surface area contributed by atoms with E-state index in [0.717, 1.165) is 0 Å². The van der Waals surface area contributed by atoms with E-state index in [1.807, 2.05) is 0 Å². The summed E-state index contributed by atoms with van der Waals surface area (Å²) in [5.74, 6) is -1.73. The highest BCUT2D eigenvalue weighted by Gasteiger charge is 2.30. The van der Waals surface area contributed by atoms with Crippen molar-refractivity contribution in [3.8, 4) is 0 Å². The van der Waals surface area contributed by atoms with Gasteiger partial charge in [0, 0.05) is 13.1 Å². The lowest BCUT2D eigenvalue weighted by molar-refractivity contribution is -0.139. The van der Waals surface area contributed by atoms with E-state index < -0.39 is 26.9 Å². The molecule has 7 heteroatoms. The van der Waals surface area contributed by atoms with Gasteiger partial charge in [-0.05, 0) is 17.7 Å². The molecule has 0 heterocycles. The number of carbonyl (C=O) groups is 2. The zero-order valence-electron chi connectivity index (χ0n) is 14.1. The molecule has 0 saturated carbocycles. The molecule has 2 aromatic carbocycles. The van der Waals surface area contributed by atoms with Crippen LogP contribution in [0.4, 0.5) is 0 Å². The second-order valence-corrected chi connectivity index (χ2v) is 7.60. The predicted octanol–water partition coefficient (Wildman–Crippen LogP) is 1.62. The Balaban J connectivity index is 2.25. The molecule has 0 aromatic heterocycles. The number of rotatable bonds is 7. The number of hydrogen-bond donors (Lipinski definition) is 2. The van der Waals surface area contributed by atoms with Gasteiger partial charge in [0.15, 0.2) is 9.84 Å². The van der Waals surface area contributed by atoms with Crippen LogP contribution in [0.3, 0.4) is 0 Å². The molecule has 0 aliphatic heterocycles. The van der Waals surface area contributed by atoms with E-state index >= 15 is 0 Å². The average Bonchev–Trinajstić information content (AvgIpc) is 2.67. The molecule has 2 N–H and O–H groups in total. The Bertz CT molecular complexity index is 865. The number of benzene rings is 2. The van der Waals surface area contributed by atoms with Crippen molar-refractivity contribution in [2.45, 2.75) is 10.1 Å². The summed E-state index contributed by atoms with van der Waals surface area (Å²) in [5, 5.41) is 3.74. The van der Waals surface area contributed by atoms with Gasteiger partial charge in [-0.15, -0.1) is 6.58 Å². The molecule has 2 rings (SSSR count). The first-order chi connectivity index (χ1) is 12.5. The molecule has 0 saturated heterocycles. The molecule has 0 bridgehead atoms. The zero-order chi connectivity index (χ0) is 19.0. The molecular weight excluding hydrogens is 352 g/mol. The third-order valence-corrected chi connectivity index (χ3v) is 5.80. The van der Waals surface area contributed by atoms with Crippen molar-refractivity contribution >= 4 is 21.7 Å². The maximum atomic E-state index is 13.0. The molecule has 0 aliphatic rings. The maximum Gasteiger partial charge on any atom is 0.309 e. The summed E-state index contributed by atoms with van der Waals surface area (Å²) in [4.78, 5) is 23.7. The first-order valence-electron chi connectivity index (χ1n) is 7.97. The van der Waals surface area contributed by atoms with E-state index in [1.165, 1.54) is 18.2 Å². The van der Waals surface area contributed by atoms with Gasteiger partial charge in [-0.1, -0.05) is 54.6 Å². The third-order valence-electron chi connectivity index (χ3n) is 3.68. The fourth-order valence-electron chi connectivity index (χ4n) is 2.36. The van der Waals surface area contributed by atoms with Gasteiger partial charge in [0.25, 0.3) is 0 Å². The summed E-state index contributed by atoms with van der Waals surface area (Å²) in [7, 11) is -3.76. The van der Waals surface area contributed by atoms with Gasteiger partial charge in [-0.25, -0.2) is 8.42 Å². The number of carbonyl (C=O) groups excluding carboxylic acids is 2. The summed E-state index contributed by atoms with van der Waals surface area (Å²) in [6.45, 7) is 3.37. The van der Waals surface area contributed by atoms with E-state index in [0.29, 0.717) is 5.56 Å². The zero-order valence-corrected chi connectivity index (χ0v) is 14.9. The Morgan fingerprint density at radius 1 is 0.923 bits per heavy atom. The molecule has 6 nitrogen and oxygen atoms in total. The second kappa shape index (κ2) is 8.96. The first-order valence-corrected chi connectivity index (χ1v) is 9.52. The highest BCUT2D eigenvalue weighted by Crippen LogP contribution is 2.28. The van der Waals surface area contributed by atoms with E-state index in [2.05, 4.69) is 17.2 Å². The SMILES string of the molecule is C=CCNC(=O)C(=O)NC[C@H](c1ccccc1)S(=O)(=O)c1ccccc1. The van der Waals surface area contributed by atoms with Crippen LogP contribution in [0.1, 0.15) is 10.8 Å². The van der Waals surface area contributed by atoms with E-state index in [9.17, 15) is 18.0 Å². The minimum Gasteiger partial charge on any atom is -0.346 e. The molecule has 0 spiro atoms. The highest BCUT2D eigenvalue weighted by molar-refractivity contribution is 7.91.